The second-order valence-corrected chi connectivity index (χ2v) is 26.8. The number of unbranched alkanes of at least 4 members (excludes halogenated alkanes) is 40. The van der Waals surface area contributed by atoms with E-state index < -0.39 is 86.8 Å². The Hall–Kier alpha value is -2.31. The van der Waals surface area contributed by atoms with Crippen LogP contribution in [0.25, 0.3) is 0 Å². The van der Waals surface area contributed by atoms with Crippen LogP contribution in [0.5, 0.6) is 0 Å². The van der Waals surface area contributed by atoms with Crippen molar-refractivity contribution in [1.29, 1.82) is 0 Å². The third-order valence-corrected chi connectivity index (χ3v) is 18.5. The van der Waals surface area contributed by atoms with E-state index in [1.165, 1.54) is 218 Å². The molecule has 2 aliphatic rings. The highest BCUT2D eigenvalue weighted by Gasteiger charge is 2.51. The van der Waals surface area contributed by atoms with Gasteiger partial charge in [0.1, 0.15) is 48.8 Å². The molecule has 0 radical (unpaired) electrons. The van der Waals surface area contributed by atoms with E-state index in [9.17, 15) is 45.6 Å². The van der Waals surface area contributed by atoms with E-state index in [0.29, 0.717) is 12.8 Å². The standard InChI is InChI=1S/C77H141NO13/c1-3-5-7-9-11-13-15-17-19-21-23-25-27-29-30-31-32-33-34-35-36-37-39-41-43-45-47-49-51-53-55-57-59-61-69(82)78-65(64-88-76-74(87)72(85)75(68(63-80)90-76)91-77-73(86)71(84)70(83)67(62-79)89-77)66(81)60-58-56-54-52-50-48-46-44-42-40-38-28-26-24-22-20-18-16-14-12-10-8-6-4-2/h5,7,11,13,17,19,23,25,29-30,65-68,70-77,79-81,83-87H,3-4,6,8-10,12,14-16,18,20-22,24,26-28,31-64H2,1-2H3,(H,78,82)/b7-5-,13-11-,19-17-,25-23-,30-29-. The van der Waals surface area contributed by atoms with Gasteiger partial charge >= 0.3 is 0 Å². The number of allylic oxidation sites excluding steroid dienone is 10. The highest BCUT2D eigenvalue weighted by Crippen LogP contribution is 2.30. The second-order valence-electron chi connectivity index (χ2n) is 26.8. The van der Waals surface area contributed by atoms with Gasteiger partial charge in [-0.15, -0.1) is 0 Å². The largest absolute Gasteiger partial charge is 0.394 e. The molecule has 12 atom stereocenters. The molecule has 0 aromatic carbocycles. The minimum absolute atomic E-state index is 0.202. The van der Waals surface area contributed by atoms with Gasteiger partial charge in [-0.1, -0.05) is 325 Å². The first-order chi connectivity index (χ1) is 44.6. The van der Waals surface area contributed by atoms with Crippen LogP contribution in [0.15, 0.2) is 60.8 Å². The summed E-state index contributed by atoms with van der Waals surface area (Å²) in [6, 6.07) is -0.831. The summed E-state index contributed by atoms with van der Waals surface area (Å²) < 4.78 is 23.0. The molecule has 2 aliphatic heterocycles. The molecule has 0 saturated carbocycles. The van der Waals surface area contributed by atoms with Crippen molar-refractivity contribution in [2.24, 2.45) is 0 Å². The van der Waals surface area contributed by atoms with Crippen LogP contribution in [0.3, 0.4) is 0 Å². The van der Waals surface area contributed by atoms with Crippen molar-refractivity contribution in [3.63, 3.8) is 0 Å². The molecule has 2 fully saturated rings. The van der Waals surface area contributed by atoms with E-state index in [4.69, 9.17) is 18.9 Å². The maximum absolute atomic E-state index is 13.4. The molecular weight excluding hydrogens is 1150 g/mol. The average molecular weight is 1290 g/mol. The molecule has 0 aliphatic carbocycles. The molecule has 0 bridgehead atoms. The zero-order chi connectivity index (χ0) is 65.9. The van der Waals surface area contributed by atoms with Gasteiger partial charge in [0, 0.05) is 6.42 Å². The Bertz CT molecular complexity index is 1760. The van der Waals surface area contributed by atoms with Crippen LogP contribution in [0, 0.1) is 0 Å². The molecule has 91 heavy (non-hydrogen) atoms. The van der Waals surface area contributed by atoms with Crippen molar-refractivity contribution >= 4 is 5.91 Å². The van der Waals surface area contributed by atoms with Crippen molar-refractivity contribution in [3.05, 3.63) is 60.8 Å². The molecule has 2 rings (SSSR count). The topological polar surface area (TPSA) is 228 Å². The summed E-state index contributed by atoms with van der Waals surface area (Å²) in [6.07, 6.45) is 65.3. The van der Waals surface area contributed by atoms with Gasteiger partial charge in [0.2, 0.25) is 5.91 Å². The lowest BCUT2D eigenvalue weighted by molar-refractivity contribution is -0.359. The van der Waals surface area contributed by atoms with E-state index >= 15 is 0 Å². The Balaban J connectivity index is 1.62. The normalized spacial score (nSPS) is 23.1. The number of aliphatic hydroxyl groups is 8. The average Bonchev–Trinajstić information content (AvgIpc) is 1.28. The first kappa shape index (κ1) is 84.8. The van der Waals surface area contributed by atoms with Crippen molar-refractivity contribution in [3.8, 4) is 0 Å². The van der Waals surface area contributed by atoms with Crippen molar-refractivity contribution in [1.82, 2.24) is 5.32 Å². The van der Waals surface area contributed by atoms with Crippen LogP contribution in [0.4, 0.5) is 0 Å². The summed E-state index contributed by atoms with van der Waals surface area (Å²) in [6.45, 7) is 2.80. The maximum atomic E-state index is 13.4. The summed E-state index contributed by atoms with van der Waals surface area (Å²) >= 11 is 0. The van der Waals surface area contributed by atoms with Crippen LogP contribution in [-0.2, 0) is 23.7 Å². The molecule has 0 spiro atoms. The zero-order valence-corrected chi connectivity index (χ0v) is 58.1. The number of ether oxygens (including phenoxy) is 4. The van der Waals surface area contributed by atoms with E-state index in [1.807, 2.05) is 0 Å². The fraction of sp³-hybridized carbons (Fsp3) is 0.857. The molecule has 0 aromatic rings. The fourth-order valence-electron chi connectivity index (χ4n) is 12.5. The molecule has 2 heterocycles. The SMILES string of the molecule is CC/C=C\C/C=C\C/C=C\C/C=C\C/C=C\CCCCCCCCCCCCCCCCCCCC(=O)NC(COC1OC(CO)C(OC2OC(CO)C(O)C(O)C2O)C(O)C1O)C(O)CCCCCCCCCCCCCCCCCCCCCCCCCC. The number of amides is 1. The number of aliphatic hydroxyl groups excluding tert-OH is 8. The lowest BCUT2D eigenvalue weighted by atomic mass is 9.97. The first-order valence-corrected chi connectivity index (χ1v) is 38.0. The number of carbonyl (C=O) groups excluding carboxylic acids is 1. The summed E-state index contributed by atoms with van der Waals surface area (Å²) in [5, 5.41) is 87.8. The predicted molar refractivity (Wildman–Crippen MR) is 374 cm³/mol. The van der Waals surface area contributed by atoms with E-state index in [-0.39, 0.29) is 12.5 Å². The quantitative estimate of drug-likeness (QED) is 0.0204. The van der Waals surface area contributed by atoms with Gasteiger partial charge in [-0.2, -0.15) is 0 Å². The number of nitrogens with one attached hydrogen (secondary N) is 1. The Morgan fingerprint density at radius 2 is 0.758 bits per heavy atom. The maximum Gasteiger partial charge on any atom is 0.220 e. The van der Waals surface area contributed by atoms with E-state index in [1.54, 1.807) is 0 Å². The van der Waals surface area contributed by atoms with E-state index in [0.717, 1.165) is 83.5 Å². The molecular formula is C77H141NO13. The lowest BCUT2D eigenvalue weighted by Gasteiger charge is -2.46. The zero-order valence-electron chi connectivity index (χ0n) is 58.1. The van der Waals surface area contributed by atoms with Crippen molar-refractivity contribution in [2.45, 2.75) is 402 Å². The lowest BCUT2D eigenvalue weighted by Crippen LogP contribution is -2.65. The summed E-state index contributed by atoms with van der Waals surface area (Å²) in [5.41, 5.74) is 0. The molecule has 9 N–H and O–H groups in total. The molecule has 14 heteroatoms. The van der Waals surface area contributed by atoms with Crippen LogP contribution in [0.2, 0.25) is 0 Å². The van der Waals surface area contributed by atoms with E-state index in [2.05, 4.69) is 79.9 Å². The summed E-state index contributed by atoms with van der Waals surface area (Å²) in [4.78, 5) is 13.4. The van der Waals surface area contributed by atoms with Crippen LogP contribution < -0.4 is 5.32 Å². The minimum atomic E-state index is -1.78. The smallest absolute Gasteiger partial charge is 0.220 e. The van der Waals surface area contributed by atoms with Gasteiger partial charge in [0.05, 0.1) is 32.0 Å². The Morgan fingerprint density at radius 3 is 1.16 bits per heavy atom. The van der Waals surface area contributed by atoms with Crippen LogP contribution in [-0.4, -0.2) is 140 Å². The first-order valence-electron chi connectivity index (χ1n) is 38.0. The summed E-state index contributed by atoms with van der Waals surface area (Å²) in [5.74, 6) is -0.202. The molecule has 2 saturated heterocycles. The van der Waals surface area contributed by atoms with Gasteiger partial charge in [-0.3, -0.25) is 4.79 Å². The number of hydrogen-bond acceptors (Lipinski definition) is 13. The fourth-order valence-corrected chi connectivity index (χ4v) is 12.5. The highest BCUT2D eigenvalue weighted by molar-refractivity contribution is 5.76. The minimum Gasteiger partial charge on any atom is -0.394 e. The van der Waals surface area contributed by atoms with Gasteiger partial charge in [-0.25, -0.2) is 0 Å². The van der Waals surface area contributed by atoms with Gasteiger partial charge in [-0.05, 0) is 57.8 Å². The Kier molecular flexibility index (Phi) is 57.1. The number of rotatable bonds is 63. The van der Waals surface area contributed by atoms with Crippen molar-refractivity contribution in [2.75, 3.05) is 19.8 Å². The number of carbonyl (C=O) groups is 1. The van der Waals surface area contributed by atoms with Crippen LogP contribution in [0.1, 0.15) is 328 Å². The molecule has 12 unspecified atom stereocenters. The molecule has 14 nitrogen and oxygen atoms in total. The third-order valence-electron chi connectivity index (χ3n) is 18.5. The Morgan fingerprint density at radius 1 is 0.407 bits per heavy atom. The molecule has 0 aromatic heterocycles. The van der Waals surface area contributed by atoms with Gasteiger partial charge in [0.25, 0.3) is 0 Å². The Labute approximate surface area is 556 Å². The monoisotopic (exact) mass is 1290 g/mol. The number of hydrogen-bond donors (Lipinski definition) is 9. The third kappa shape index (κ3) is 44.9. The predicted octanol–water partition coefficient (Wildman–Crippen LogP) is 16.4. The van der Waals surface area contributed by atoms with Gasteiger partial charge < -0.3 is 65.1 Å². The van der Waals surface area contributed by atoms with Gasteiger partial charge in [0.15, 0.2) is 12.6 Å². The second kappa shape index (κ2) is 61.3. The van der Waals surface area contributed by atoms with Crippen LogP contribution >= 0.6 is 0 Å². The summed E-state index contributed by atoms with van der Waals surface area (Å²) in [7, 11) is 0. The molecule has 1 amide bonds. The highest BCUT2D eigenvalue weighted by atomic mass is 16.7. The molecule has 532 valence electrons. The van der Waals surface area contributed by atoms with Crippen molar-refractivity contribution < 1.29 is 64.6 Å².